The third kappa shape index (κ3) is 22.6. The number of H-pyrrole nitrogens is 1. The Morgan fingerprint density at radius 3 is 2.00 bits per heavy atom. The number of carbonyl (C=O) groups excluding carboxylic acids is 3. The molecule has 3 amide bonds. The molecule has 6 aromatic rings. The number of amides is 3. The number of aliphatic carboxylic acids is 2. The second-order valence-corrected chi connectivity index (χ2v) is 17.8. The molecule has 27 nitrogen and oxygen atoms in total. The second-order valence-electron chi connectivity index (χ2n) is 17.8. The van der Waals surface area contributed by atoms with Crippen LogP contribution in [0, 0.1) is 5.92 Å². The van der Waals surface area contributed by atoms with Gasteiger partial charge in [-0.25, -0.2) is 9.67 Å². The number of nitrogens with zero attached hydrogens (tertiary/aromatic N) is 8. The molecular formula is C52H67N15O12. The van der Waals surface area contributed by atoms with Crippen molar-refractivity contribution in [3.8, 4) is 5.88 Å². The van der Waals surface area contributed by atoms with E-state index in [1.165, 1.54) is 6.33 Å². The van der Waals surface area contributed by atoms with Gasteiger partial charge in [-0.1, -0.05) is 29.5 Å². The van der Waals surface area contributed by atoms with Gasteiger partial charge in [-0.3, -0.25) is 24.0 Å². The molecule has 2 atom stereocenters. The Bertz CT molecular complexity index is 2870. The third-order valence-electron chi connectivity index (χ3n) is 11.6. The zero-order chi connectivity index (χ0) is 56.0. The van der Waals surface area contributed by atoms with Crippen molar-refractivity contribution in [1.82, 2.24) is 45.6 Å². The summed E-state index contributed by atoms with van der Waals surface area (Å²) in [5.74, 6) is -3.49. The summed E-state index contributed by atoms with van der Waals surface area (Å²) < 4.78 is 29.8. The molecule has 0 saturated heterocycles. The molecule has 79 heavy (non-hydrogen) atoms. The molecule has 0 aliphatic heterocycles. The average molecular weight is 1090 g/mol. The van der Waals surface area contributed by atoms with Crippen LogP contribution >= 0.6 is 0 Å². The number of imidazole rings is 1. The molecule has 0 fully saturated rings. The van der Waals surface area contributed by atoms with Crippen molar-refractivity contribution in [2.24, 2.45) is 21.9 Å². The summed E-state index contributed by atoms with van der Waals surface area (Å²) >= 11 is 0. The Hall–Kier alpha value is -8.50. The minimum atomic E-state index is -1.28. The number of carbonyl (C=O) groups is 5. The van der Waals surface area contributed by atoms with E-state index < -0.39 is 23.9 Å². The number of nitrogens with two attached hydrogens (primary N) is 2. The first-order valence-corrected chi connectivity index (χ1v) is 25.6. The molecule has 0 spiro atoms. The number of hydrogen-bond acceptors (Lipinski definition) is 20. The van der Waals surface area contributed by atoms with E-state index >= 15 is 0 Å². The summed E-state index contributed by atoms with van der Waals surface area (Å²) in [6, 6.07) is 20.4. The van der Waals surface area contributed by atoms with E-state index in [0.717, 1.165) is 16.8 Å². The maximum Gasteiger partial charge on any atom is 0.320 e. The van der Waals surface area contributed by atoms with Gasteiger partial charge in [-0.15, -0.1) is 5.10 Å². The van der Waals surface area contributed by atoms with Gasteiger partial charge >= 0.3 is 11.9 Å². The van der Waals surface area contributed by atoms with Crippen LogP contribution in [0.15, 0.2) is 95.5 Å². The molecular weight excluding hydrogens is 1030 g/mol. The van der Waals surface area contributed by atoms with Crippen molar-refractivity contribution in [3.63, 3.8) is 0 Å². The summed E-state index contributed by atoms with van der Waals surface area (Å²) in [4.78, 5) is 74.8. The van der Waals surface area contributed by atoms with E-state index in [2.05, 4.69) is 61.7 Å². The van der Waals surface area contributed by atoms with Gasteiger partial charge in [0, 0.05) is 62.9 Å². The normalized spacial score (nSPS) is 12.1. The minimum absolute atomic E-state index is 0.0634. The Morgan fingerprint density at radius 1 is 0.696 bits per heavy atom. The molecule has 0 aliphatic rings. The van der Waals surface area contributed by atoms with Gasteiger partial charge in [0.2, 0.25) is 29.5 Å². The Labute approximate surface area is 454 Å². The van der Waals surface area contributed by atoms with E-state index in [-0.39, 0.29) is 75.4 Å². The van der Waals surface area contributed by atoms with Crippen LogP contribution in [-0.4, -0.2) is 147 Å². The highest BCUT2D eigenvalue weighted by Crippen LogP contribution is 2.24. The third-order valence-corrected chi connectivity index (χ3v) is 11.6. The molecule has 0 radical (unpaired) electrons. The number of aromatic nitrogens is 7. The number of azo groups is 1. The van der Waals surface area contributed by atoms with E-state index in [1.807, 2.05) is 36.4 Å². The van der Waals surface area contributed by atoms with Crippen molar-refractivity contribution < 1.29 is 57.9 Å². The van der Waals surface area contributed by atoms with Crippen molar-refractivity contribution >= 4 is 69.5 Å². The molecule has 6 rings (SSSR count). The lowest BCUT2D eigenvalue weighted by atomic mass is 9.94. The summed E-state index contributed by atoms with van der Waals surface area (Å²) in [6.45, 7) is 5.13. The minimum Gasteiger partial charge on any atom is -0.481 e. The Morgan fingerprint density at radius 2 is 1.33 bits per heavy atom. The number of anilines is 3. The standard InChI is InChI=1S/C52H67N15O12/c53-43(51(73)74)30-37(50(71)72)2-1-3-46(70)60-39-10-14-41(15-11-39)64-63-40-12-8-38(9-13-40)55-19-20-56-45(69)18-22-75-24-26-77-28-29-78-27-25-76-23-21-67-32-42(65-66-67)16-17-44(68)57-31-35-4-6-36(7-5-35)33-79-49-47-48(59-34-58-47)61-52(54)62-49/h4-15,32,34,37,43,55H,1-3,16-31,33,53H2,(H,56,69)(H,57,68)(H,60,70)(H,71,72)(H,73,74)(H3,54,58,59,61,62)/t37-,43-/m0/s1. The van der Waals surface area contributed by atoms with Crippen LogP contribution in [0.2, 0.25) is 0 Å². The predicted octanol–water partition coefficient (Wildman–Crippen LogP) is 4.07. The SMILES string of the molecule is Nc1nc(OCc2ccc(CNC(=O)CCc3cn(CCOCCOCCOCCOCCC(=O)NCCNc4ccc(N=Nc5ccc(NC(=O)CCC[C@@H](C[C@H](N)C(=O)O)C(=O)O)cc5)cc4)nn3)cc2)c2[nH]cnc2n1. The number of carboxylic acids is 2. The first kappa shape index (κ1) is 59.7. The smallest absolute Gasteiger partial charge is 0.320 e. The molecule has 11 N–H and O–H groups in total. The molecule has 27 heteroatoms. The lowest BCUT2D eigenvalue weighted by Crippen LogP contribution is -2.34. The van der Waals surface area contributed by atoms with Crippen molar-refractivity contribution in [2.45, 2.75) is 70.7 Å². The highest BCUT2D eigenvalue weighted by Gasteiger charge is 2.24. The highest BCUT2D eigenvalue weighted by atomic mass is 16.6. The van der Waals surface area contributed by atoms with Gasteiger partial charge in [-0.05, 0) is 78.9 Å². The first-order valence-electron chi connectivity index (χ1n) is 25.6. The zero-order valence-corrected chi connectivity index (χ0v) is 43.6. The number of rotatable bonds is 38. The summed E-state index contributed by atoms with van der Waals surface area (Å²) in [7, 11) is 0. The van der Waals surface area contributed by atoms with E-state index in [9.17, 15) is 29.1 Å². The number of nitrogen functional groups attached to an aromatic ring is 1. The van der Waals surface area contributed by atoms with Gasteiger partial charge in [-0.2, -0.15) is 20.2 Å². The van der Waals surface area contributed by atoms with Crippen LogP contribution in [0.5, 0.6) is 5.88 Å². The van der Waals surface area contributed by atoms with Gasteiger partial charge in [0.25, 0.3) is 0 Å². The number of fused-ring (bicyclic) bond motifs is 1. The number of carboxylic acid groups (broad SMARTS) is 2. The molecule has 0 saturated carbocycles. The fraction of sp³-hybridized carbons (Fsp3) is 0.423. The first-order chi connectivity index (χ1) is 38.4. The van der Waals surface area contributed by atoms with E-state index in [1.54, 1.807) is 47.3 Å². The number of nitrogens with one attached hydrogen (secondary N) is 5. The lowest BCUT2D eigenvalue weighted by Gasteiger charge is -2.14. The average Bonchev–Trinajstić information content (AvgIpc) is 4.15. The molecule has 3 aromatic heterocycles. The molecule has 3 aromatic carbocycles. The van der Waals surface area contributed by atoms with Gasteiger partial charge in [0.15, 0.2) is 5.65 Å². The maximum atomic E-state index is 12.5. The quantitative estimate of drug-likeness (QED) is 0.0195. The number of ether oxygens (including phenoxy) is 5. The van der Waals surface area contributed by atoms with E-state index in [0.29, 0.717) is 119 Å². The van der Waals surface area contributed by atoms with Crippen LogP contribution in [0.1, 0.15) is 55.3 Å². The topological polar surface area (TPSA) is 382 Å². The molecule has 3 heterocycles. The number of hydrogen-bond donors (Lipinski definition) is 9. The highest BCUT2D eigenvalue weighted by molar-refractivity contribution is 5.90. The monoisotopic (exact) mass is 1090 g/mol. The van der Waals surface area contributed by atoms with Crippen LogP contribution in [0.3, 0.4) is 0 Å². The maximum absolute atomic E-state index is 12.5. The fourth-order valence-electron chi connectivity index (χ4n) is 7.36. The molecule has 0 bridgehead atoms. The largest absolute Gasteiger partial charge is 0.481 e. The van der Waals surface area contributed by atoms with Gasteiger partial charge < -0.3 is 71.6 Å². The number of aromatic amines is 1. The predicted molar refractivity (Wildman–Crippen MR) is 287 cm³/mol. The second kappa shape index (κ2) is 32.9. The van der Waals surface area contributed by atoms with Gasteiger partial charge in [0.1, 0.15) is 18.2 Å². The van der Waals surface area contributed by atoms with Crippen LogP contribution in [0.4, 0.5) is 28.7 Å². The lowest BCUT2D eigenvalue weighted by molar-refractivity contribution is -0.144. The van der Waals surface area contributed by atoms with E-state index in [4.69, 9.17) is 40.3 Å². The summed E-state index contributed by atoms with van der Waals surface area (Å²) in [6.07, 6.45) is 4.50. The molecule has 0 unspecified atom stereocenters. The number of benzene rings is 3. The fourth-order valence-corrected chi connectivity index (χ4v) is 7.36. The van der Waals surface area contributed by atoms with Crippen molar-refractivity contribution in [2.75, 3.05) is 82.3 Å². The zero-order valence-electron chi connectivity index (χ0n) is 43.6. The molecule has 422 valence electrons. The Kier molecular flexibility index (Phi) is 24.9. The van der Waals surface area contributed by atoms with Crippen LogP contribution in [0.25, 0.3) is 11.2 Å². The summed E-state index contributed by atoms with van der Waals surface area (Å²) in [5, 5.41) is 46.8. The van der Waals surface area contributed by atoms with Gasteiger partial charge in [0.05, 0.1) is 88.7 Å². The molecule has 0 aliphatic carbocycles. The van der Waals surface area contributed by atoms with Crippen LogP contribution in [-0.2, 0) is 69.0 Å². The Balaban J connectivity index is 0.689. The number of aryl methyl sites for hydroxylation is 1. The van der Waals surface area contributed by atoms with Crippen LogP contribution < -0.4 is 37.5 Å². The van der Waals surface area contributed by atoms with Crippen molar-refractivity contribution in [3.05, 3.63) is 102 Å². The summed E-state index contributed by atoms with van der Waals surface area (Å²) in [5.41, 5.74) is 17.4. The van der Waals surface area contributed by atoms with Crippen molar-refractivity contribution in [1.29, 1.82) is 0 Å².